The Morgan fingerprint density at radius 2 is 2.08 bits per heavy atom. The van der Waals surface area contributed by atoms with Crippen LogP contribution in [-0.4, -0.2) is 23.1 Å². The molecule has 2 atom stereocenters. The molecule has 128 valence electrons. The highest BCUT2D eigenvalue weighted by molar-refractivity contribution is 6.69. The van der Waals surface area contributed by atoms with Gasteiger partial charge in [-0.25, -0.2) is 18.4 Å². The van der Waals surface area contributed by atoms with Gasteiger partial charge in [0.2, 0.25) is 0 Å². The van der Waals surface area contributed by atoms with Gasteiger partial charge in [0.1, 0.15) is 29.9 Å². The highest BCUT2D eigenvalue weighted by atomic mass is 28.4. The monoisotopic (exact) mass is 350 g/mol. The summed E-state index contributed by atoms with van der Waals surface area (Å²) in [6.07, 6.45) is 2.81. The summed E-state index contributed by atoms with van der Waals surface area (Å²) in [7, 11) is -2.23. The summed E-state index contributed by atoms with van der Waals surface area (Å²) < 4.78 is 36.2. The van der Waals surface area contributed by atoms with Crippen molar-refractivity contribution in [3.63, 3.8) is 0 Å². The lowest BCUT2D eigenvalue weighted by molar-refractivity contribution is -0.000887. The smallest absolute Gasteiger partial charge is 0.185 e. The maximum Gasteiger partial charge on any atom is 0.185 e. The molecule has 0 aliphatic rings. The second-order valence-corrected chi connectivity index (χ2v) is 11.1. The first-order valence-corrected chi connectivity index (χ1v) is 11.0. The Morgan fingerprint density at radius 1 is 1.38 bits per heavy atom. The molecule has 0 unspecified atom stereocenters. The van der Waals surface area contributed by atoms with Gasteiger partial charge in [-0.1, -0.05) is 0 Å². The van der Waals surface area contributed by atoms with Crippen LogP contribution in [0.4, 0.5) is 8.78 Å². The van der Waals surface area contributed by atoms with Gasteiger partial charge >= 0.3 is 0 Å². The number of nitrogens with zero attached hydrogens (tertiary/aromatic N) is 4. The lowest BCUT2D eigenvalue weighted by atomic mass is 9.82. The zero-order valence-corrected chi connectivity index (χ0v) is 15.1. The van der Waals surface area contributed by atoms with Crippen molar-refractivity contribution in [2.45, 2.75) is 38.7 Å². The van der Waals surface area contributed by atoms with E-state index in [4.69, 9.17) is 4.43 Å². The molecule has 8 heteroatoms. The fourth-order valence-corrected chi connectivity index (χ4v) is 4.10. The average molecular weight is 350 g/mol. The summed E-state index contributed by atoms with van der Waals surface area (Å²) in [6, 6.07) is 5.33. The van der Waals surface area contributed by atoms with Gasteiger partial charge in [0.05, 0.1) is 18.5 Å². The lowest BCUT2D eigenvalue weighted by Gasteiger charge is -2.41. The van der Waals surface area contributed by atoms with Gasteiger partial charge < -0.3 is 4.43 Å². The van der Waals surface area contributed by atoms with E-state index < -0.39 is 31.5 Å². The van der Waals surface area contributed by atoms with Crippen molar-refractivity contribution in [2.75, 3.05) is 0 Å². The van der Waals surface area contributed by atoms with E-state index in [9.17, 15) is 14.0 Å². The Bertz CT molecular complexity index is 740. The highest BCUT2D eigenvalue weighted by Crippen LogP contribution is 2.39. The van der Waals surface area contributed by atoms with E-state index in [1.165, 1.54) is 17.3 Å². The molecule has 24 heavy (non-hydrogen) atoms. The number of nitriles is 1. The van der Waals surface area contributed by atoms with Gasteiger partial charge in [0.15, 0.2) is 8.32 Å². The molecule has 0 aliphatic carbocycles. The lowest BCUT2D eigenvalue weighted by Crippen LogP contribution is -2.48. The molecule has 0 bridgehead atoms. The molecule has 0 aliphatic heterocycles. The fourth-order valence-electron chi connectivity index (χ4n) is 2.66. The number of hydrogen-bond donors (Lipinski definition) is 0. The second-order valence-electron chi connectivity index (χ2n) is 6.67. The Hall–Kier alpha value is -2.11. The van der Waals surface area contributed by atoms with Crippen molar-refractivity contribution in [1.82, 2.24) is 14.8 Å². The van der Waals surface area contributed by atoms with Gasteiger partial charge in [-0.05, 0) is 44.8 Å². The third-order valence-corrected chi connectivity index (χ3v) is 4.61. The third kappa shape index (κ3) is 3.86. The molecular formula is C16H20F2N4OSi. The van der Waals surface area contributed by atoms with Crippen LogP contribution in [0.1, 0.15) is 12.5 Å². The number of rotatable bonds is 6. The van der Waals surface area contributed by atoms with Gasteiger partial charge in [-0.2, -0.15) is 10.4 Å². The predicted octanol–water partition coefficient (Wildman–Crippen LogP) is 3.46. The highest BCUT2D eigenvalue weighted by Gasteiger charge is 2.45. The van der Waals surface area contributed by atoms with Crippen LogP contribution in [-0.2, 0) is 16.6 Å². The molecule has 5 nitrogen and oxygen atoms in total. The molecule has 0 amide bonds. The summed E-state index contributed by atoms with van der Waals surface area (Å²) in [5, 5.41) is 13.6. The van der Waals surface area contributed by atoms with E-state index in [0.29, 0.717) is 0 Å². The van der Waals surface area contributed by atoms with Gasteiger partial charge in [-0.15, -0.1) is 0 Å². The van der Waals surface area contributed by atoms with Crippen molar-refractivity contribution in [2.24, 2.45) is 5.92 Å². The first kappa shape index (κ1) is 18.2. The van der Waals surface area contributed by atoms with E-state index in [1.807, 2.05) is 19.6 Å². The van der Waals surface area contributed by atoms with Crippen LogP contribution in [0.25, 0.3) is 0 Å². The maximum atomic E-state index is 14.6. The number of aromatic nitrogens is 3. The molecule has 2 aromatic rings. The zero-order valence-electron chi connectivity index (χ0n) is 14.1. The molecule has 0 saturated carbocycles. The normalized spacial score (nSPS) is 15.5. The van der Waals surface area contributed by atoms with E-state index in [-0.39, 0.29) is 12.1 Å². The van der Waals surface area contributed by atoms with E-state index >= 15 is 0 Å². The Kier molecular flexibility index (Phi) is 5.16. The number of benzene rings is 1. The second kappa shape index (κ2) is 6.79. The van der Waals surface area contributed by atoms with Crippen LogP contribution in [0, 0.1) is 28.9 Å². The van der Waals surface area contributed by atoms with Crippen molar-refractivity contribution in [3.05, 3.63) is 48.1 Å². The van der Waals surface area contributed by atoms with Crippen molar-refractivity contribution < 1.29 is 13.2 Å². The zero-order chi connectivity index (χ0) is 18.0. The minimum Gasteiger partial charge on any atom is -0.405 e. The fraction of sp³-hybridized carbons (Fsp3) is 0.438. The molecular weight excluding hydrogens is 330 g/mol. The minimum atomic E-state index is -2.23. The summed E-state index contributed by atoms with van der Waals surface area (Å²) >= 11 is 0. The maximum absolute atomic E-state index is 14.6. The largest absolute Gasteiger partial charge is 0.405 e. The first-order valence-electron chi connectivity index (χ1n) is 7.56. The van der Waals surface area contributed by atoms with Crippen molar-refractivity contribution >= 4 is 8.32 Å². The van der Waals surface area contributed by atoms with Gasteiger partial charge in [0.25, 0.3) is 0 Å². The topological polar surface area (TPSA) is 63.7 Å². The van der Waals surface area contributed by atoms with Crippen LogP contribution >= 0.6 is 0 Å². The molecule has 0 radical (unpaired) electrons. The summed E-state index contributed by atoms with van der Waals surface area (Å²) in [6.45, 7) is 7.51. The van der Waals surface area contributed by atoms with Crippen LogP contribution < -0.4 is 0 Å². The van der Waals surface area contributed by atoms with Crippen LogP contribution in [0.5, 0.6) is 0 Å². The Morgan fingerprint density at radius 3 is 2.62 bits per heavy atom. The number of hydrogen-bond acceptors (Lipinski definition) is 4. The molecule has 0 spiro atoms. The van der Waals surface area contributed by atoms with Crippen LogP contribution in [0.2, 0.25) is 19.6 Å². The standard InChI is InChI=1S/C16H20F2N4OSi/c1-12(8-19)16(23-24(2,3)4,9-22-11-20-10-21-22)14-7-13(17)5-6-15(14)18/h5-7,10-12H,9H2,1-4H3/t12-,16-/m1/s1. The summed E-state index contributed by atoms with van der Waals surface area (Å²) in [5.41, 5.74) is -1.34. The SMILES string of the molecule is C[C@H](C#N)[C@@](Cn1cncn1)(O[Si](C)(C)C)c1cc(F)ccc1F. The molecule has 1 heterocycles. The van der Waals surface area contributed by atoms with Gasteiger partial charge in [0, 0.05) is 5.56 Å². The first-order chi connectivity index (χ1) is 11.2. The molecule has 2 rings (SSSR count). The third-order valence-electron chi connectivity index (χ3n) is 3.63. The molecule has 0 N–H and O–H groups in total. The Balaban J connectivity index is 2.68. The quantitative estimate of drug-likeness (QED) is 0.749. The molecule has 1 aromatic heterocycles. The van der Waals surface area contributed by atoms with Gasteiger partial charge in [-0.3, -0.25) is 0 Å². The molecule has 0 saturated heterocycles. The van der Waals surface area contributed by atoms with Crippen LogP contribution in [0.15, 0.2) is 30.9 Å². The minimum absolute atomic E-state index is 0.0227. The van der Waals surface area contributed by atoms with Crippen LogP contribution in [0.3, 0.4) is 0 Å². The Labute approximate surface area is 141 Å². The van der Waals surface area contributed by atoms with E-state index in [1.54, 1.807) is 6.92 Å². The average Bonchev–Trinajstić information content (AvgIpc) is 2.99. The predicted molar refractivity (Wildman–Crippen MR) is 87.3 cm³/mol. The van der Waals surface area contributed by atoms with E-state index in [0.717, 1.165) is 18.2 Å². The summed E-state index contributed by atoms with van der Waals surface area (Å²) in [5.74, 6) is -1.93. The van der Waals surface area contributed by atoms with Crippen molar-refractivity contribution in [3.8, 4) is 6.07 Å². The molecule has 0 fully saturated rings. The van der Waals surface area contributed by atoms with Crippen molar-refractivity contribution in [1.29, 1.82) is 5.26 Å². The van der Waals surface area contributed by atoms with E-state index in [2.05, 4.69) is 16.2 Å². The molecule has 1 aromatic carbocycles. The summed E-state index contributed by atoms with van der Waals surface area (Å²) in [4.78, 5) is 3.88. The number of halogens is 2.